The molecule has 4 atom stereocenters. The first-order valence-corrected chi connectivity index (χ1v) is 20.5. The number of aromatic nitrogens is 4. The Morgan fingerprint density at radius 2 is 1.81 bits per heavy atom. The minimum absolute atomic E-state index is 0.0119. The van der Waals surface area contributed by atoms with E-state index in [1.54, 1.807) is 38.4 Å². The van der Waals surface area contributed by atoms with Crippen molar-refractivity contribution in [2.45, 2.75) is 122 Å². The van der Waals surface area contributed by atoms with E-state index in [1.165, 1.54) is 40.3 Å². The smallest absolute Gasteiger partial charge is 0.308 e. The molecule has 2 fully saturated rings. The van der Waals surface area contributed by atoms with Crippen LogP contribution in [-0.2, 0) is 19.0 Å². The molecule has 5 heterocycles. The number of carbonyl (C=O) groups excluding carboxylic acids is 1. The number of hydrogen-bond donors (Lipinski definition) is 2. The molecule has 4 aromatic heterocycles. The third-order valence-electron chi connectivity index (χ3n) is 10.1. The van der Waals surface area contributed by atoms with Crippen LogP contribution in [-0.4, -0.2) is 61.2 Å². The van der Waals surface area contributed by atoms with Crippen LogP contribution in [0, 0.1) is 11.6 Å². The molecule has 58 heavy (non-hydrogen) atoms. The van der Waals surface area contributed by atoms with Crippen LogP contribution in [0.4, 0.5) is 19.7 Å². The fraction of sp³-hybridized carbons (Fsp3) is 0.432. The van der Waals surface area contributed by atoms with Gasteiger partial charge in [0.15, 0.2) is 22.6 Å². The highest BCUT2D eigenvalue weighted by atomic mass is 32.1. The lowest BCUT2D eigenvalue weighted by molar-refractivity contribution is -0.290. The Morgan fingerprint density at radius 1 is 1.07 bits per heavy atom. The largest absolute Gasteiger partial charge is 0.460 e. The Balaban J connectivity index is 1.15. The Morgan fingerprint density at radius 3 is 2.50 bits per heavy atom. The van der Waals surface area contributed by atoms with Crippen LogP contribution in [0.5, 0.6) is 0 Å². The fourth-order valence-electron chi connectivity index (χ4n) is 7.71. The summed E-state index contributed by atoms with van der Waals surface area (Å²) in [5.41, 5.74) is 2.53. The molecule has 7 rings (SSSR count). The van der Waals surface area contributed by atoms with Crippen molar-refractivity contribution in [3.63, 3.8) is 0 Å². The van der Waals surface area contributed by atoms with Gasteiger partial charge in [0, 0.05) is 48.1 Å². The maximum absolute atomic E-state index is 15.9. The van der Waals surface area contributed by atoms with Crippen molar-refractivity contribution in [1.29, 1.82) is 0 Å². The zero-order valence-electron chi connectivity index (χ0n) is 33.8. The molecule has 1 saturated carbocycles. The topological polar surface area (TPSA) is 129 Å². The number of nitrogens with zero attached hydrogens (tertiary/aromatic N) is 4. The van der Waals surface area contributed by atoms with Gasteiger partial charge in [0.05, 0.1) is 30.5 Å². The molecule has 1 aliphatic carbocycles. The second-order valence-corrected chi connectivity index (χ2v) is 17.7. The summed E-state index contributed by atoms with van der Waals surface area (Å²) in [6, 6.07) is 11.3. The molecule has 5 aromatic rings. The average Bonchev–Trinajstić information content (AvgIpc) is 3.76. The Labute approximate surface area is 340 Å². The highest BCUT2D eigenvalue weighted by Gasteiger charge is 2.36. The van der Waals surface area contributed by atoms with Gasteiger partial charge in [-0.2, -0.15) is 0 Å². The number of anilines is 2. The van der Waals surface area contributed by atoms with E-state index in [1.807, 2.05) is 58.9 Å². The molecule has 11 nitrogen and oxygen atoms in total. The van der Waals surface area contributed by atoms with Gasteiger partial charge in [-0.1, -0.05) is 49.5 Å². The number of thiazole rings is 1. The standard InChI is InChI=1S/C44H50F2N6O5S/c1-25(2)38-33(17-16-31-21-32(56-44(6,7)55-31)22-37(53)57-43(3,4)5)34(26-10-12-27(45)13-11-26)24-52(41(38)54)30-20-35(46)39(48-23-30)49-28-14-15-29(19-28)50-42-51-36-9-8-18-47-40(36)58-42/h8-13,16-18,20,23-25,28-29,31-32H,14-15,19,21-22H2,1-7H3,(H,48,49)(H,50,51)/b17-16+/t28-,29-,31+,32+/m0/s1. The van der Waals surface area contributed by atoms with Gasteiger partial charge in [-0.3, -0.25) is 14.2 Å². The molecule has 14 heteroatoms. The van der Waals surface area contributed by atoms with Crippen LogP contribution in [0.1, 0.15) is 97.6 Å². The number of esters is 1. The van der Waals surface area contributed by atoms with Gasteiger partial charge >= 0.3 is 5.97 Å². The van der Waals surface area contributed by atoms with Gasteiger partial charge < -0.3 is 24.8 Å². The molecule has 0 unspecified atom stereocenters. The predicted molar refractivity (Wildman–Crippen MR) is 223 cm³/mol. The summed E-state index contributed by atoms with van der Waals surface area (Å²) >= 11 is 1.51. The van der Waals surface area contributed by atoms with Crippen LogP contribution in [0.3, 0.4) is 0 Å². The molecular formula is C44H50F2N6O5S. The molecule has 0 spiro atoms. The van der Waals surface area contributed by atoms with Crippen LogP contribution < -0.4 is 16.2 Å². The number of carbonyl (C=O) groups is 1. The number of benzene rings is 1. The predicted octanol–water partition coefficient (Wildman–Crippen LogP) is 9.41. The minimum atomic E-state index is -0.993. The van der Waals surface area contributed by atoms with Gasteiger partial charge in [0.2, 0.25) is 0 Å². The van der Waals surface area contributed by atoms with Crippen LogP contribution in [0.25, 0.3) is 33.2 Å². The van der Waals surface area contributed by atoms with E-state index in [9.17, 15) is 14.0 Å². The number of ether oxygens (including phenoxy) is 3. The molecule has 2 aliphatic rings. The monoisotopic (exact) mass is 812 g/mol. The highest BCUT2D eigenvalue weighted by molar-refractivity contribution is 7.21. The van der Waals surface area contributed by atoms with Gasteiger partial charge in [-0.15, -0.1) is 0 Å². The van der Waals surface area contributed by atoms with Crippen LogP contribution in [0.15, 0.2) is 71.9 Å². The SMILES string of the molecule is CC(C)c1c(/C=C/[C@@H]2C[C@H](CC(=O)OC(C)(C)C)OC(C)(C)O2)c(-c2ccc(F)cc2)cn(-c2cnc(N[C@H]3CC[C@H](Nc4nc5cccnc5s4)C3)c(F)c2)c1=O. The molecule has 1 aromatic carbocycles. The molecule has 1 aliphatic heterocycles. The van der Waals surface area contributed by atoms with E-state index in [2.05, 4.69) is 25.6 Å². The van der Waals surface area contributed by atoms with E-state index in [0.717, 1.165) is 34.7 Å². The normalized spacial score (nSPS) is 20.9. The van der Waals surface area contributed by atoms with Crippen molar-refractivity contribution in [3.05, 3.63) is 100 Å². The van der Waals surface area contributed by atoms with E-state index in [-0.39, 0.29) is 47.5 Å². The van der Waals surface area contributed by atoms with Crippen LogP contribution >= 0.6 is 11.3 Å². The van der Waals surface area contributed by atoms with Crippen molar-refractivity contribution in [3.8, 4) is 16.8 Å². The summed E-state index contributed by atoms with van der Waals surface area (Å²) in [5.74, 6) is -2.49. The molecule has 1 saturated heterocycles. The summed E-state index contributed by atoms with van der Waals surface area (Å²) in [6.45, 7) is 12.9. The first-order valence-electron chi connectivity index (χ1n) is 19.7. The summed E-state index contributed by atoms with van der Waals surface area (Å²) in [6.07, 6.45) is 10.6. The number of pyridine rings is 3. The maximum Gasteiger partial charge on any atom is 0.308 e. The summed E-state index contributed by atoms with van der Waals surface area (Å²) in [7, 11) is 0. The Hall–Kier alpha value is -5.05. The molecular weight excluding hydrogens is 763 g/mol. The van der Waals surface area contributed by atoms with E-state index >= 15 is 4.39 Å². The number of nitrogens with one attached hydrogen (secondary N) is 2. The van der Waals surface area contributed by atoms with Crippen LogP contribution in [0.2, 0.25) is 0 Å². The Kier molecular flexibility index (Phi) is 11.8. The van der Waals surface area contributed by atoms with Gasteiger partial charge in [-0.25, -0.2) is 23.7 Å². The van der Waals surface area contributed by atoms with E-state index < -0.39 is 35.2 Å². The lowest BCUT2D eigenvalue weighted by atomic mass is 9.91. The van der Waals surface area contributed by atoms with E-state index in [0.29, 0.717) is 28.7 Å². The average molecular weight is 813 g/mol. The van der Waals surface area contributed by atoms with Crippen molar-refractivity contribution in [1.82, 2.24) is 19.5 Å². The molecule has 0 bridgehead atoms. The number of halogens is 2. The van der Waals surface area contributed by atoms with E-state index in [4.69, 9.17) is 14.2 Å². The molecule has 306 valence electrons. The van der Waals surface area contributed by atoms with Crippen molar-refractivity contribution in [2.75, 3.05) is 10.6 Å². The first kappa shape index (κ1) is 41.1. The number of rotatable bonds is 11. The lowest BCUT2D eigenvalue weighted by Gasteiger charge is -2.39. The quantitative estimate of drug-likeness (QED) is 0.125. The number of hydrogen-bond acceptors (Lipinski definition) is 11. The summed E-state index contributed by atoms with van der Waals surface area (Å²) in [5, 5.41) is 7.58. The van der Waals surface area contributed by atoms with Crippen molar-refractivity contribution < 1.29 is 27.8 Å². The maximum atomic E-state index is 15.9. The highest BCUT2D eigenvalue weighted by Crippen LogP contribution is 2.35. The summed E-state index contributed by atoms with van der Waals surface area (Å²) in [4.78, 5) is 41.5. The Bertz CT molecular complexity index is 2340. The fourth-order valence-corrected chi connectivity index (χ4v) is 8.59. The second-order valence-electron chi connectivity index (χ2n) is 16.8. The zero-order valence-corrected chi connectivity index (χ0v) is 34.7. The third-order valence-corrected chi connectivity index (χ3v) is 11.0. The van der Waals surface area contributed by atoms with Gasteiger partial charge in [0.25, 0.3) is 5.56 Å². The lowest BCUT2D eigenvalue weighted by Crippen LogP contribution is -2.45. The summed E-state index contributed by atoms with van der Waals surface area (Å²) < 4.78 is 49.4. The third kappa shape index (κ3) is 9.79. The zero-order chi connectivity index (χ0) is 41.4. The van der Waals surface area contributed by atoms with Gasteiger partial charge in [0.1, 0.15) is 21.8 Å². The molecule has 0 radical (unpaired) electrons. The molecule has 0 amide bonds. The van der Waals surface area contributed by atoms with Crippen molar-refractivity contribution in [2.24, 2.45) is 0 Å². The van der Waals surface area contributed by atoms with Gasteiger partial charge in [-0.05, 0) is 95.2 Å². The van der Waals surface area contributed by atoms with Crippen molar-refractivity contribution >= 4 is 44.7 Å². The second kappa shape index (κ2) is 16.7. The minimum Gasteiger partial charge on any atom is -0.460 e. The first-order chi connectivity index (χ1) is 27.5. The molecule has 2 N–H and O–H groups in total. The number of fused-ring (bicyclic) bond motifs is 1.